The quantitative estimate of drug-likeness (QED) is 0.616. The predicted molar refractivity (Wildman–Crippen MR) is 53.8 cm³/mol. The van der Waals surface area contributed by atoms with Gasteiger partial charge < -0.3 is 0 Å². The van der Waals surface area contributed by atoms with Crippen LogP contribution in [0.3, 0.4) is 0 Å². The van der Waals surface area contributed by atoms with E-state index in [2.05, 4.69) is 39.5 Å². The number of aromatic nitrogens is 2. The Labute approximate surface area is 84.5 Å². The Morgan fingerprint density at radius 3 is 2.91 bits per heavy atom. The van der Waals surface area contributed by atoms with Gasteiger partial charge in [-0.15, -0.1) is 0 Å². The fourth-order valence-electron chi connectivity index (χ4n) is 0.724. The van der Waals surface area contributed by atoms with Crippen LogP contribution in [-0.2, 0) is 6.42 Å². The molecule has 0 aromatic carbocycles. The van der Waals surface area contributed by atoms with Crippen LogP contribution in [0.5, 0.6) is 0 Å². The van der Waals surface area contributed by atoms with Gasteiger partial charge in [0, 0.05) is 12.6 Å². The van der Waals surface area contributed by atoms with Crippen molar-refractivity contribution in [3.8, 4) is 0 Å². The van der Waals surface area contributed by atoms with Gasteiger partial charge in [-0.25, -0.2) is 9.97 Å². The van der Waals surface area contributed by atoms with E-state index in [0.717, 1.165) is 22.2 Å². The van der Waals surface area contributed by atoms with Crippen LogP contribution in [0.1, 0.15) is 19.2 Å². The van der Waals surface area contributed by atoms with Gasteiger partial charge >= 0.3 is 0 Å². The predicted octanol–water partition coefficient (Wildman–Crippen LogP) is 2.69. The second-order valence-electron chi connectivity index (χ2n) is 2.17. The highest BCUT2D eigenvalue weighted by molar-refractivity contribution is 14.1. The molecular weight excluding hydrogens is 274 g/mol. The van der Waals surface area contributed by atoms with Crippen LogP contribution >= 0.6 is 34.2 Å². The summed E-state index contributed by atoms with van der Waals surface area (Å²) in [5.74, 6) is 0.831. The van der Waals surface area contributed by atoms with Crippen molar-refractivity contribution < 1.29 is 0 Å². The maximum atomic E-state index is 5.79. The van der Waals surface area contributed by atoms with Gasteiger partial charge in [0.05, 0.1) is 3.57 Å². The third kappa shape index (κ3) is 2.56. The van der Waals surface area contributed by atoms with Crippen LogP contribution in [0, 0.1) is 3.57 Å². The number of rotatable bonds is 2. The summed E-state index contributed by atoms with van der Waals surface area (Å²) in [6, 6.07) is 0. The van der Waals surface area contributed by atoms with E-state index in [0.29, 0.717) is 5.15 Å². The molecule has 0 unspecified atom stereocenters. The topological polar surface area (TPSA) is 25.8 Å². The van der Waals surface area contributed by atoms with Crippen molar-refractivity contribution in [3.63, 3.8) is 0 Å². The van der Waals surface area contributed by atoms with E-state index in [1.54, 1.807) is 6.20 Å². The minimum Gasteiger partial charge on any atom is -0.240 e. The summed E-state index contributed by atoms with van der Waals surface area (Å²) in [5.41, 5.74) is 0. The lowest BCUT2D eigenvalue weighted by Crippen LogP contribution is -1.95. The zero-order valence-electron chi connectivity index (χ0n) is 6.14. The van der Waals surface area contributed by atoms with E-state index in [-0.39, 0.29) is 0 Å². The number of hydrogen-bond acceptors (Lipinski definition) is 2. The SMILES string of the molecule is CCCc1ncc(I)c(Cl)n1. The van der Waals surface area contributed by atoms with Crippen molar-refractivity contribution in [3.05, 3.63) is 20.7 Å². The Bertz CT molecular complexity index is 252. The summed E-state index contributed by atoms with van der Waals surface area (Å²) in [4.78, 5) is 8.24. The first-order valence-corrected chi connectivity index (χ1v) is 4.86. The van der Waals surface area contributed by atoms with E-state index in [1.165, 1.54) is 0 Å². The second-order valence-corrected chi connectivity index (χ2v) is 3.70. The van der Waals surface area contributed by atoms with Crippen LogP contribution in [0.4, 0.5) is 0 Å². The molecule has 0 amide bonds. The van der Waals surface area contributed by atoms with E-state index in [1.807, 2.05) is 0 Å². The lowest BCUT2D eigenvalue weighted by atomic mass is 10.3. The zero-order chi connectivity index (χ0) is 8.27. The Morgan fingerprint density at radius 1 is 1.64 bits per heavy atom. The zero-order valence-corrected chi connectivity index (χ0v) is 9.06. The van der Waals surface area contributed by atoms with E-state index in [4.69, 9.17) is 11.6 Å². The molecule has 0 aliphatic heterocycles. The van der Waals surface area contributed by atoms with Gasteiger partial charge in [-0.1, -0.05) is 18.5 Å². The molecule has 1 rings (SSSR count). The number of aryl methyl sites for hydroxylation is 1. The van der Waals surface area contributed by atoms with Crippen molar-refractivity contribution >= 4 is 34.2 Å². The average Bonchev–Trinajstić information content (AvgIpc) is 1.98. The Hall–Kier alpha value is 0.1000. The average molecular weight is 283 g/mol. The highest BCUT2D eigenvalue weighted by Crippen LogP contribution is 2.14. The molecule has 0 saturated carbocycles. The molecule has 0 aliphatic carbocycles. The van der Waals surface area contributed by atoms with Crippen LogP contribution in [-0.4, -0.2) is 9.97 Å². The molecule has 0 fully saturated rings. The van der Waals surface area contributed by atoms with Crippen molar-refractivity contribution in [2.75, 3.05) is 0 Å². The number of nitrogens with zero attached hydrogens (tertiary/aromatic N) is 2. The van der Waals surface area contributed by atoms with E-state index in [9.17, 15) is 0 Å². The molecule has 11 heavy (non-hydrogen) atoms. The molecule has 0 spiro atoms. The smallest absolute Gasteiger partial charge is 0.146 e. The Balaban J connectivity index is 2.86. The monoisotopic (exact) mass is 282 g/mol. The van der Waals surface area contributed by atoms with Gasteiger partial charge in [-0.2, -0.15) is 0 Å². The maximum Gasteiger partial charge on any atom is 0.146 e. The van der Waals surface area contributed by atoms with Gasteiger partial charge in [0.15, 0.2) is 0 Å². The van der Waals surface area contributed by atoms with Gasteiger partial charge in [-0.3, -0.25) is 0 Å². The molecule has 0 saturated heterocycles. The summed E-state index contributed by atoms with van der Waals surface area (Å²) in [5, 5.41) is 0.559. The number of hydrogen-bond donors (Lipinski definition) is 0. The summed E-state index contributed by atoms with van der Waals surface area (Å²) < 4.78 is 0.907. The van der Waals surface area contributed by atoms with Crippen LogP contribution < -0.4 is 0 Å². The van der Waals surface area contributed by atoms with E-state index < -0.39 is 0 Å². The summed E-state index contributed by atoms with van der Waals surface area (Å²) in [6.07, 6.45) is 3.70. The Morgan fingerprint density at radius 2 is 2.36 bits per heavy atom. The molecule has 0 aliphatic rings. The van der Waals surface area contributed by atoms with Gasteiger partial charge in [0.25, 0.3) is 0 Å². The normalized spacial score (nSPS) is 10.1. The highest BCUT2D eigenvalue weighted by Gasteiger charge is 2.00. The molecule has 0 atom stereocenters. The van der Waals surface area contributed by atoms with Crippen molar-refractivity contribution in [2.24, 2.45) is 0 Å². The van der Waals surface area contributed by atoms with Gasteiger partial charge in [-0.05, 0) is 29.0 Å². The molecule has 0 bridgehead atoms. The maximum absolute atomic E-state index is 5.79. The molecule has 2 nitrogen and oxygen atoms in total. The highest BCUT2D eigenvalue weighted by atomic mass is 127. The molecule has 4 heteroatoms. The van der Waals surface area contributed by atoms with Crippen LogP contribution in [0.2, 0.25) is 5.15 Å². The molecular formula is C7H8ClIN2. The lowest BCUT2D eigenvalue weighted by Gasteiger charge is -1.97. The summed E-state index contributed by atoms with van der Waals surface area (Å²) in [6.45, 7) is 2.09. The summed E-state index contributed by atoms with van der Waals surface area (Å²) in [7, 11) is 0. The third-order valence-electron chi connectivity index (χ3n) is 1.22. The standard InChI is InChI=1S/C7H8ClIN2/c1-2-3-6-10-4-5(9)7(8)11-6/h4H,2-3H2,1H3. The third-order valence-corrected chi connectivity index (χ3v) is 2.62. The fourth-order valence-corrected chi connectivity index (χ4v) is 1.13. The second kappa shape index (κ2) is 4.21. The molecule has 1 aromatic heterocycles. The molecule has 1 heterocycles. The molecule has 60 valence electrons. The fraction of sp³-hybridized carbons (Fsp3) is 0.429. The first-order valence-electron chi connectivity index (χ1n) is 3.41. The van der Waals surface area contributed by atoms with Gasteiger partial charge in [0.1, 0.15) is 11.0 Å². The minimum absolute atomic E-state index is 0.559. The first kappa shape index (κ1) is 9.19. The largest absolute Gasteiger partial charge is 0.240 e. The van der Waals surface area contributed by atoms with Crippen molar-refractivity contribution in [1.29, 1.82) is 0 Å². The minimum atomic E-state index is 0.559. The van der Waals surface area contributed by atoms with Crippen molar-refractivity contribution in [1.82, 2.24) is 9.97 Å². The lowest BCUT2D eigenvalue weighted by molar-refractivity contribution is 0.832. The van der Waals surface area contributed by atoms with Gasteiger partial charge in [0.2, 0.25) is 0 Å². The van der Waals surface area contributed by atoms with Crippen molar-refractivity contribution in [2.45, 2.75) is 19.8 Å². The Kier molecular flexibility index (Phi) is 3.51. The first-order chi connectivity index (χ1) is 5.24. The van der Waals surface area contributed by atoms with Crippen LogP contribution in [0.15, 0.2) is 6.20 Å². The summed E-state index contributed by atoms with van der Waals surface area (Å²) >= 11 is 7.90. The molecule has 0 radical (unpaired) electrons. The number of halogens is 2. The molecule has 1 aromatic rings. The van der Waals surface area contributed by atoms with E-state index >= 15 is 0 Å². The molecule has 0 N–H and O–H groups in total. The van der Waals surface area contributed by atoms with Crippen LogP contribution in [0.25, 0.3) is 0 Å².